The van der Waals surface area contributed by atoms with Gasteiger partial charge in [-0.3, -0.25) is 9.59 Å². The Morgan fingerprint density at radius 1 is 1.21 bits per heavy atom. The van der Waals surface area contributed by atoms with E-state index in [4.69, 9.17) is 4.74 Å². The van der Waals surface area contributed by atoms with Crippen LogP contribution in [0.15, 0.2) is 53.2 Å². The van der Waals surface area contributed by atoms with Gasteiger partial charge < -0.3 is 14.5 Å². The zero-order chi connectivity index (χ0) is 24.1. The van der Waals surface area contributed by atoms with Crippen molar-refractivity contribution >= 4 is 34.5 Å². The Labute approximate surface area is 207 Å². The second kappa shape index (κ2) is 11.1. The molecule has 0 bridgehead atoms. The van der Waals surface area contributed by atoms with E-state index in [1.54, 1.807) is 34.4 Å². The summed E-state index contributed by atoms with van der Waals surface area (Å²) >= 11 is 3.07. The zero-order valence-electron chi connectivity index (χ0n) is 19.4. The van der Waals surface area contributed by atoms with Gasteiger partial charge in [0, 0.05) is 24.0 Å². The van der Waals surface area contributed by atoms with Crippen LogP contribution in [0.25, 0.3) is 0 Å². The number of amides is 2. The predicted molar refractivity (Wildman–Crippen MR) is 134 cm³/mol. The van der Waals surface area contributed by atoms with Gasteiger partial charge in [-0.15, -0.1) is 22.7 Å². The molecule has 0 aliphatic carbocycles. The lowest BCUT2D eigenvalue weighted by atomic mass is 10.00. The maximum absolute atomic E-state index is 13.6. The van der Waals surface area contributed by atoms with Gasteiger partial charge >= 0.3 is 0 Å². The Morgan fingerprint density at radius 3 is 2.79 bits per heavy atom. The fourth-order valence-electron chi connectivity index (χ4n) is 4.14. The smallest absolute Gasteiger partial charge is 0.264 e. The quantitative estimate of drug-likeness (QED) is 0.382. The minimum absolute atomic E-state index is 0.0248. The summed E-state index contributed by atoms with van der Waals surface area (Å²) in [6.07, 6.45) is 1.70. The molecule has 2 atom stereocenters. The second-order valence-corrected chi connectivity index (χ2v) is 10.5. The lowest BCUT2D eigenvalue weighted by Gasteiger charge is -2.37. The van der Waals surface area contributed by atoms with Crippen molar-refractivity contribution in [2.24, 2.45) is 5.92 Å². The normalized spacial score (nSPS) is 16.1. The molecule has 8 heteroatoms. The summed E-state index contributed by atoms with van der Waals surface area (Å²) in [6.45, 7) is 5.52. The van der Waals surface area contributed by atoms with Gasteiger partial charge in [0.15, 0.2) is 0 Å². The molecule has 3 heterocycles. The lowest BCUT2D eigenvalue weighted by Crippen LogP contribution is -2.48. The summed E-state index contributed by atoms with van der Waals surface area (Å²) in [6, 6.07) is 11.4. The van der Waals surface area contributed by atoms with Crippen LogP contribution in [0, 0.1) is 11.7 Å². The van der Waals surface area contributed by atoms with Crippen LogP contribution >= 0.6 is 22.7 Å². The van der Waals surface area contributed by atoms with Crippen molar-refractivity contribution in [1.82, 2.24) is 9.80 Å². The highest BCUT2D eigenvalue weighted by Crippen LogP contribution is 2.34. The molecule has 5 nitrogen and oxygen atoms in total. The minimum atomic E-state index is -0.363. The van der Waals surface area contributed by atoms with Gasteiger partial charge in [0.1, 0.15) is 24.7 Å². The molecular weight excluding hydrogens is 471 g/mol. The SMILES string of the molecule is CC[C@@H](C)CN(CC(=O)N1CCc2sccc2[C@H]1COc1cccc(F)c1)C(=O)c1cccs1. The van der Waals surface area contributed by atoms with Crippen LogP contribution in [-0.4, -0.2) is 47.9 Å². The van der Waals surface area contributed by atoms with Crippen molar-refractivity contribution in [3.63, 3.8) is 0 Å². The van der Waals surface area contributed by atoms with E-state index in [9.17, 15) is 14.0 Å². The molecule has 2 amide bonds. The van der Waals surface area contributed by atoms with Gasteiger partial charge in [-0.1, -0.05) is 32.4 Å². The van der Waals surface area contributed by atoms with Crippen LogP contribution in [0.3, 0.4) is 0 Å². The van der Waals surface area contributed by atoms with Crippen molar-refractivity contribution in [3.8, 4) is 5.75 Å². The van der Waals surface area contributed by atoms with Gasteiger partial charge in [-0.05, 0) is 52.9 Å². The standard InChI is InChI=1S/C26H29FN2O3S2/c1-3-18(2)15-28(26(31)24-8-5-12-33-24)16-25(30)29-11-9-23-21(10-13-34-23)22(29)17-32-20-7-4-6-19(27)14-20/h4-8,10,12-14,18,22H,3,9,11,15-17H2,1-2H3/t18-,22-/m1/s1. The average Bonchev–Trinajstić information content (AvgIpc) is 3.53. The highest BCUT2D eigenvalue weighted by Gasteiger charge is 2.34. The maximum atomic E-state index is 13.6. The number of carbonyl (C=O) groups excluding carboxylic acids is 2. The molecule has 0 fully saturated rings. The summed E-state index contributed by atoms with van der Waals surface area (Å²) in [5, 5.41) is 3.91. The second-order valence-electron chi connectivity index (χ2n) is 8.60. The Balaban J connectivity index is 1.53. The van der Waals surface area contributed by atoms with E-state index in [0.717, 1.165) is 18.4 Å². The third kappa shape index (κ3) is 5.67. The first kappa shape index (κ1) is 24.4. The van der Waals surface area contributed by atoms with Crippen LogP contribution in [-0.2, 0) is 11.2 Å². The molecule has 0 radical (unpaired) electrons. The number of hydrogen-bond donors (Lipinski definition) is 0. The van der Waals surface area contributed by atoms with E-state index in [1.165, 1.54) is 28.3 Å². The van der Waals surface area contributed by atoms with E-state index in [0.29, 0.717) is 23.7 Å². The average molecular weight is 501 g/mol. The third-order valence-electron chi connectivity index (χ3n) is 6.19. The summed E-state index contributed by atoms with van der Waals surface area (Å²) in [4.78, 5) is 32.1. The molecule has 0 spiro atoms. The lowest BCUT2D eigenvalue weighted by molar-refractivity contribution is -0.135. The largest absolute Gasteiger partial charge is 0.491 e. The van der Waals surface area contributed by atoms with Gasteiger partial charge in [-0.2, -0.15) is 0 Å². The molecule has 1 aromatic carbocycles. The number of thiophene rings is 2. The van der Waals surface area contributed by atoms with Crippen LogP contribution in [0.5, 0.6) is 5.75 Å². The molecule has 180 valence electrons. The highest BCUT2D eigenvalue weighted by atomic mass is 32.1. The fourth-order valence-corrected chi connectivity index (χ4v) is 5.76. The number of fused-ring (bicyclic) bond motifs is 1. The minimum Gasteiger partial charge on any atom is -0.491 e. The molecule has 34 heavy (non-hydrogen) atoms. The van der Waals surface area contributed by atoms with E-state index in [1.807, 2.05) is 27.8 Å². The van der Waals surface area contributed by atoms with E-state index in [2.05, 4.69) is 13.8 Å². The third-order valence-corrected chi connectivity index (χ3v) is 8.05. The summed E-state index contributed by atoms with van der Waals surface area (Å²) in [5.41, 5.74) is 1.07. The van der Waals surface area contributed by atoms with Gasteiger partial charge in [0.2, 0.25) is 5.91 Å². The van der Waals surface area contributed by atoms with Crippen molar-refractivity contribution in [2.75, 3.05) is 26.2 Å². The van der Waals surface area contributed by atoms with Gasteiger partial charge in [0.25, 0.3) is 5.91 Å². The van der Waals surface area contributed by atoms with Gasteiger partial charge in [-0.25, -0.2) is 4.39 Å². The Hall–Kier alpha value is -2.71. The number of carbonyl (C=O) groups is 2. The molecular formula is C26H29FN2O3S2. The molecule has 1 aliphatic rings. The van der Waals surface area contributed by atoms with E-state index >= 15 is 0 Å². The molecule has 0 saturated heterocycles. The zero-order valence-corrected chi connectivity index (χ0v) is 21.0. The molecule has 3 aromatic rings. The molecule has 0 saturated carbocycles. The monoisotopic (exact) mass is 500 g/mol. The Morgan fingerprint density at radius 2 is 2.06 bits per heavy atom. The molecule has 2 aromatic heterocycles. The summed E-state index contributed by atoms with van der Waals surface area (Å²) < 4.78 is 19.5. The van der Waals surface area contributed by atoms with Crippen LogP contribution in [0.2, 0.25) is 0 Å². The molecule has 0 N–H and O–H groups in total. The van der Waals surface area contributed by atoms with E-state index in [-0.39, 0.29) is 42.7 Å². The number of halogens is 1. The first-order valence-electron chi connectivity index (χ1n) is 11.5. The van der Waals surface area contributed by atoms with Crippen molar-refractivity contribution in [2.45, 2.75) is 32.7 Å². The number of nitrogens with zero attached hydrogens (tertiary/aromatic N) is 2. The van der Waals surface area contributed by atoms with Gasteiger partial charge in [0.05, 0.1) is 10.9 Å². The summed E-state index contributed by atoms with van der Waals surface area (Å²) in [7, 11) is 0. The van der Waals surface area contributed by atoms with E-state index < -0.39 is 0 Å². The van der Waals surface area contributed by atoms with Crippen LogP contribution < -0.4 is 4.74 Å². The number of ether oxygens (including phenoxy) is 1. The fraction of sp³-hybridized carbons (Fsp3) is 0.385. The predicted octanol–water partition coefficient (Wildman–Crippen LogP) is 5.64. The van der Waals surface area contributed by atoms with Crippen molar-refractivity contribution in [1.29, 1.82) is 0 Å². The molecule has 1 aliphatic heterocycles. The molecule has 0 unspecified atom stereocenters. The number of hydrogen-bond acceptors (Lipinski definition) is 5. The van der Waals surface area contributed by atoms with Crippen molar-refractivity contribution < 1.29 is 18.7 Å². The first-order chi connectivity index (χ1) is 16.5. The molecule has 4 rings (SSSR count). The Kier molecular flexibility index (Phi) is 8.00. The number of rotatable bonds is 9. The first-order valence-corrected chi connectivity index (χ1v) is 13.3. The number of benzene rings is 1. The van der Waals surface area contributed by atoms with Crippen molar-refractivity contribution in [3.05, 3.63) is 74.4 Å². The maximum Gasteiger partial charge on any atom is 0.264 e. The van der Waals surface area contributed by atoms with Crippen LogP contribution in [0.4, 0.5) is 4.39 Å². The topological polar surface area (TPSA) is 49.9 Å². The summed E-state index contributed by atoms with van der Waals surface area (Å²) in [5.74, 6) is 0.148. The Bertz CT molecular complexity index is 1110. The highest BCUT2D eigenvalue weighted by molar-refractivity contribution is 7.12. The van der Waals surface area contributed by atoms with Crippen LogP contribution in [0.1, 0.15) is 46.4 Å².